The van der Waals surface area contributed by atoms with Crippen molar-refractivity contribution in [3.05, 3.63) is 213 Å². The van der Waals surface area contributed by atoms with Crippen molar-refractivity contribution < 1.29 is 69.4 Å². The number of aliphatic hydroxyl groups excluding tert-OH is 8. The molecule has 84 heavy (non-hydrogen) atoms. The Hall–Kier alpha value is -7.94. The van der Waals surface area contributed by atoms with Gasteiger partial charge < -0.3 is 102 Å². The first-order valence-corrected chi connectivity index (χ1v) is 27.7. The van der Waals surface area contributed by atoms with Gasteiger partial charge >= 0.3 is 0 Å². The van der Waals surface area contributed by atoms with Gasteiger partial charge in [-0.1, -0.05) is 48.5 Å². The van der Waals surface area contributed by atoms with Gasteiger partial charge in [0.15, 0.2) is 0 Å². The van der Waals surface area contributed by atoms with Crippen molar-refractivity contribution in [2.24, 2.45) is 11.5 Å². The molecule has 0 aliphatic carbocycles. The van der Waals surface area contributed by atoms with Crippen LogP contribution < -0.4 is 31.6 Å². The highest BCUT2D eigenvalue weighted by atomic mass is 16.7. The SMILES string of the molecule is CC(N)C(=O)Nc1ccc(C2c3ccc([nH]3)C(c3ccc(O[C@@H]4O[C@@H](CO)[C@@H](O)[C@H](O)[C@@H]4O)cc3)c3ccc([nH]3)C(c3ccc(NC(=O)C(C)N)cc3)c3ccc([nH]3)C(c3ccc(O[C@@H]4O[C@@H](CO)[C@@H](O)[C@H](O)[C@@H]4O)cc3)c3ccc2[nH]3)cc1. The van der Waals surface area contributed by atoms with Crippen molar-refractivity contribution in [1.29, 1.82) is 0 Å². The Morgan fingerprint density at radius 1 is 0.417 bits per heavy atom. The minimum atomic E-state index is -1.62. The lowest BCUT2D eigenvalue weighted by molar-refractivity contribution is -0.277. The van der Waals surface area contributed by atoms with Crippen molar-refractivity contribution in [1.82, 2.24) is 19.9 Å². The second-order valence-corrected chi connectivity index (χ2v) is 21.8. The Labute approximate surface area is 482 Å². The monoisotopic (exact) mass is 1150 g/mol. The number of benzene rings is 4. The zero-order valence-electron chi connectivity index (χ0n) is 45.7. The van der Waals surface area contributed by atoms with Gasteiger partial charge in [-0.25, -0.2) is 0 Å². The molecular formula is C62H68N8O14. The van der Waals surface area contributed by atoms with E-state index in [9.17, 15) is 50.4 Å². The maximum absolute atomic E-state index is 12.7. The largest absolute Gasteiger partial charge is 0.462 e. The Bertz CT molecular complexity index is 3210. The number of carbonyl (C=O) groups excluding carboxylic acids is 2. The summed E-state index contributed by atoms with van der Waals surface area (Å²) in [7, 11) is 0. The zero-order valence-corrected chi connectivity index (χ0v) is 45.7. The van der Waals surface area contributed by atoms with E-state index in [2.05, 4.69) is 30.6 Å². The molecule has 8 bridgehead atoms. The molecule has 0 saturated carbocycles. The van der Waals surface area contributed by atoms with Gasteiger partial charge in [0.05, 0.1) is 49.0 Å². The summed E-state index contributed by atoms with van der Waals surface area (Å²) in [5, 5.41) is 88.8. The van der Waals surface area contributed by atoms with Crippen LogP contribution in [0.4, 0.5) is 11.4 Å². The fourth-order valence-electron chi connectivity index (χ4n) is 11.3. The predicted molar refractivity (Wildman–Crippen MR) is 306 cm³/mol. The van der Waals surface area contributed by atoms with Crippen LogP contribution in [-0.4, -0.2) is 159 Å². The van der Waals surface area contributed by atoms with E-state index >= 15 is 0 Å². The first-order valence-electron chi connectivity index (χ1n) is 27.7. The number of amides is 2. The number of ether oxygens (including phenoxy) is 4. The highest BCUT2D eigenvalue weighted by molar-refractivity contribution is 5.95. The molecule has 4 aromatic carbocycles. The van der Waals surface area contributed by atoms with Gasteiger partial charge in [0.1, 0.15) is 60.3 Å². The van der Waals surface area contributed by atoms with Gasteiger partial charge in [-0.3, -0.25) is 9.59 Å². The van der Waals surface area contributed by atoms with E-state index < -0.39 is 110 Å². The summed E-state index contributed by atoms with van der Waals surface area (Å²) in [6.07, 6.45) is -14.7. The highest BCUT2D eigenvalue weighted by Crippen LogP contribution is 2.42. The standard InChI is InChI=1S/C62H68N8O14/c1-29(63)59(79)65-35-11-3-31(4-12-35)49-39-19-23-43(67-39)51(33-7-15-37(16-8-33)81-61-57(77)55(75)53(73)47(27-71)83-61)45-25-21-41(69-45)50(32-5-13-36(14-6-32)66-60(80)30(2)64)42-22-26-46(70-42)52(44-24-20-40(49)68-44)34-9-17-38(18-10-34)82-62-58(78)56(76)54(74)48(28-72)84-62/h3-26,29-30,47-58,61-62,67-78H,27-28,63-64H2,1-2H3,(H,65,79)(H,66,80)/t29?,30?,47-,48-,49?,50?,51?,52?,53+,54+,55-,56-,57-,58-,61+,62+/m0/s1. The molecule has 440 valence electrons. The lowest BCUT2D eigenvalue weighted by atomic mass is 9.92. The summed E-state index contributed by atoms with van der Waals surface area (Å²) in [6.45, 7) is 2.00. The lowest BCUT2D eigenvalue weighted by Gasteiger charge is -2.39. The van der Waals surface area contributed by atoms with Gasteiger partial charge in [0.2, 0.25) is 24.4 Å². The maximum atomic E-state index is 12.7. The number of nitrogens with two attached hydrogens (primary N) is 2. The van der Waals surface area contributed by atoms with E-state index in [1.165, 1.54) is 0 Å². The van der Waals surface area contributed by atoms with E-state index in [-0.39, 0.29) is 23.3 Å². The van der Waals surface area contributed by atoms with Crippen molar-refractivity contribution in [3.8, 4) is 11.5 Å². The van der Waals surface area contributed by atoms with E-state index in [4.69, 9.17) is 30.4 Å². The summed E-state index contributed by atoms with van der Waals surface area (Å²) in [5.41, 5.74) is 22.9. The van der Waals surface area contributed by atoms with Crippen molar-refractivity contribution in [3.63, 3.8) is 0 Å². The smallest absolute Gasteiger partial charge is 0.240 e. The van der Waals surface area contributed by atoms with Gasteiger partial charge in [-0.15, -0.1) is 0 Å². The van der Waals surface area contributed by atoms with Crippen LogP contribution in [-0.2, 0) is 19.1 Å². The van der Waals surface area contributed by atoms with E-state index in [0.29, 0.717) is 11.4 Å². The summed E-state index contributed by atoms with van der Waals surface area (Å²) in [6, 6.07) is 44.3. The quantitative estimate of drug-likeness (QED) is 0.0744. The molecule has 2 fully saturated rings. The van der Waals surface area contributed by atoms with Gasteiger partial charge in [0.25, 0.3) is 0 Å². The zero-order chi connectivity index (χ0) is 59.1. The fourth-order valence-corrected chi connectivity index (χ4v) is 11.3. The minimum Gasteiger partial charge on any atom is -0.462 e. The van der Waals surface area contributed by atoms with Crippen molar-refractivity contribution in [2.75, 3.05) is 23.8 Å². The molecule has 18 N–H and O–H groups in total. The first-order chi connectivity index (χ1) is 40.5. The van der Waals surface area contributed by atoms with Gasteiger partial charge in [-0.2, -0.15) is 0 Å². The lowest BCUT2D eigenvalue weighted by Crippen LogP contribution is -2.60. The highest BCUT2D eigenvalue weighted by Gasteiger charge is 2.46. The molecular weight excluding hydrogens is 1080 g/mol. The first kappa shape index (κ1) is 57.9. The summed E-state index contributed by atoms with van der Waals surface area (Å²) < 4.78 is 23.4. The molecule has 2 saturated heterocycles. The molecule has 2 amide bonds. The maximum Gasteiger partial charge on any atom is 0.240 e. The van der Waals surface area contributed by atoms with Crippen LogP contribution in [0.15, 0.2) is 146 Å². The number of aliphatic hydroxyl groups is 8. The van der Waals surface area contributed by atoms with Crippen LogP contribution in [0.25, 0.3) is 0 Å². The molecule has 3 aliphatic rings. The number of nitrogens with one attached hydrogen (secondary N) is 6. The Kier molecular flexibility index (Phi) is 16.8. The number of H-pyrrole nitrogens is 4. The summed E-state index contributed by atoms with van der Waals surface area (Å²) >= 11 is 0. The Morgan fingerprint density at radius 2 is 0.667 bits per heavy atom. The average molecular weight is 1150 g/mol. The molecule has 12 atom stereocenters. The van der Waals surface area contributed by atoms with Crippen LogP contribution in [0.1, 0.15) is 105 Å². The van der Waals surface area contributed by atoms with Crippen LogP contribution >= 0.6 is 0 Å². The third-order valence-corrected chi connectivity index (χ3v) is 15.9. The topological polar surface area (TPSA) is 372 Å². The van der Waals surface area contributed by atoms with Gasteiger partial charge in [-0.05, 0) is 133 Å². The second-order valence-electron chi connectivity index (χ2n) is 21.8. The molecule has 0 spiro atoms. The Balaban J connectivity index is 1.03. The number of hydrogen-bond donors (Lipinski definition) is 16. The van der Waals surface area contributed by atoms with Crippen molar-refractivity contribution >= 4 is 23.2 Å². The molecule has 0 radical (unpaired) electrons. The number of aromatic amines is 4. The molecule has 22 heteroatoms. The number of rotatable bonds is 14. The molecule has 3 aliphatic heterocycles. The molecule has 2 unspecified atom stereocenters. The summed E-state index contributed by atoms with van der Waals surface area (Å²) in [4.78, 5) is 40.6. The van der Waals surface area contributed by atoms with E-state index in [1.54, 1.807) is 38.1 Å². The van der Waals surface area contributed by atoms with Crippen LogP contribution in [0, 0.1) is 0 Å². The normalized spacial score (nSPS) is 27.5. The van der Waals surface area contributed by atoms with Crippen LogP contribution in [0.2, 0.25) is 0 Å². The molecule has 7 heterocycles. The second kappa shape index (κ2) is 24.3. The summed E-state index contributed by atoms with van der Waals surface area (Å²) in [5.74, 6) is -1.90. The molecule has 4 aromatic heterocycles. The molecule has 22 nitrogen and oxygen atoms in total. The van der Waals surface area contributed by atoms with Crippen molar-refractivity contribution in [2.45, 2.75) is 111 Å². The molecule has 8 aromatic rings. The van der Waals surface area contributed by atoms with E-state index in [1.807, 2.05) is 121 Å². The van der Waals surface area contributed by atoms with Crippen LogP contribution in [0.5, 0.6) is 11.5 Å². The van der Waals surface area contributed by atoms with Crippen LogP contribution in [0.3, 0.4) is 0 Å². The number of carbonyl (C=O) groups is 2. The number of hydrogen-bond acceptors (Lipinski definition) is 16. The van der Waals surface area contributed by atoms with Gasteiger partial charge in [0, 0.05) is 56.9 Å². The predicted octanol–water partition coefficient (Wildman–Crippen LogP) is 2.96. The Morgan fingerprint density at radius 3 is 0.905 bits per heavy atom. The fraction of sp³-hybridized carbons (Fsp3) is 0.323. The minimum absolute atomic E-state index is 0.289. The average Bonchev–Trinajstić information content (AvgIpc) is 4.24. The number of fused-ring (bicyclic) bond motifs is 8. The molecule has 11 rings (SSSR count). The number of anilines is 2. The third kappa shape index (κ3) is 11.7. The van der Waals surface area contributed by atoms with E-state index in [0.717, 1.165) is 67.8 Å². The number of aromatic nitrogens is 4. The third-order valence-electron chi connectivity index (χ3n) is 15.9.